The molecule has 0 saturated heterocycles. The van der Waals surface area contributed by atoms with Gasteiger partial charge in [-0.05, 0) is 48.0 Å². The zero-order valence-electron chi connectivity index (χ0n) is 10.5. The molecule has 0 bridgehead atoms. The van der Waals surface area contributed by atoms with Crippen LogP contribution in [0.15, 0.2) is 35.1 Å². The zero-order valence-corrected chi connectivity index (χ0v) is 12.1. The van der Waals surface area contributed by atoms with E-state index in [1.807, 2.05) is 29.1 Å². The van der Waals surface area contributed by atoms with Crippen molar-refractivity contribution in [2.75, 3.05) is 0 Å². The van der Waals surface area contributed by atoms with Crippen LogP contribution in [0.1, 0.15) is 37.3 Å². The molecule has 0 aromatic carbocycles. The summed E-state index contributed by atoms with van der Waals surface area (Å²) >= 11 is 3.47. The molecule has 1 atom stereocenters. The summed E-state index contributed by atoms with van der Waals surface area (Å²) in [5.41, 5.74) is 8.04. The topological polar surface area (TPSA) is 56.7 Å². The number of pyridine rings is 1. The van der Waals surface area contributed by atoms with Gasteiger partial charge >= 0.3 is 0 Å². The van der Waals surface area contributed by atoms with Crippen molar-refractivity contribution in [2.24, 2.45) is 5.73 Å². The molecule has 0 aliphatic carbocycles. The smallest absolute Gasteiger partial charge is 0.0716 e. The second kappa shape index (κ2) is 5.63. The van der Waals surface area contributed by atoms with Crippen molar-refractivity contribution in [1.82, 2.24) is 14.8 Å². The minimum atomic E-state index is -0.143. The SMILES string of the molecule is CC(C)n1ccc(CC(N)c2ncccc2Br)n1. The fourth-order valence-electron chi connectivity index (χ4n) is 1.77. The summed E-state index contributed by atoms with van der Waals surface area (Å²) in [7, 11) is 0. The Bertz CT molecular complexity index is 521. The van der Waals surface area contributed by atoms with Crippen molar-refractivity contribution in [3.63, 3.8) is 0 Å². The van der Waals surface area contributed by atoms with Crippen LogP contribution in [0, 0.1) is 0 Å². The van der Waals surface area contributed by atoms with E-state index in [4.69, 9.17) is 5.73 Å². The van der Waals surface area contributed by atoms with Crippen LogP contribution in [-0.4, -0.2) is 14.8 Å². The Labute approximate surface area is 115 Å². The van der Waals surface area contributed by atoms with Crippen molar-refractivity contribution in [3.8, 4) is 0 Å². The molecule has 2 aromatic rings. The highest BCUT2D eigenvalue weighted by Crippen LogP contribution is 2.21. The summed E-state index contributed by atoms with van der Waals surface area (Å²) in [5, 5.41) is 4.50. The van der Waals surface area contributed by atoms with Crippen molar-refractivity contribution in [1.29, 1.82) is 0 Å². The standard InChI is InChI=1S/C13H17BrN4/c1-9(2)18-7-5-10(17-18)8-12(15)13-11(14)4-3-6-16-13/h3-7,9,12H,8,15H2,1-2H3. The maximum absolute atomic E-state index is 6.17. The lowest BCUT2D eigenvalue weighted by Crippen LogP contribution is -2.16. The molecule has 2 N–H and O–H groups in total. The molecule has 2 rings (SSSR count). The molecular weight excluding hydrogens is 292 g/mol. The van der Waals surface area contributed by atoms with Gasteiger partial charge in [0.05, 0.1) is 17.4 Å². The van der Waals surface area contributed by atoms with E-state index in [-0.39, 0.29) is 6.04 Å². The Balaban J connectivity index is 2.11. The zero-order chi connectivity index (χ0) is 13.1. The van der Waals surface area contributed by atoms with Crippen molar-refractivity contribution in [2.45, 2.75) is 32.4 Å². The summed E-state index contributed by atoms with van der Waals surface area (Å²) < 4.78 is 2.89. The third-order valence-corrected chi connectivity index (χ3v) is 3.43. The molecule has 0 amide bonds. The van der Waals surface area contributed by atoms with Gasteiger partial charge in [0.2, 0.25) is 0 Å². The number of halogens is 1. The molecule has 1 unspecified atom stereocenters. The number of hydrogen-bond acceptors (Lipinski definition) is 3. The van der Waals surface area contributed by atoms with Gasteiger partial charge in [-0.1, -0.05) is 0 Å². The first-order chi connectivity index (χ1) is 8.58. The Hall–Kier alpha value is -1.20. The fourth-order valence-corrected chi connectivity index (χ4v) is 2.32. The fraction of sp³-hybridized carbons (Fsp3) is 0.385. The summed E-state index contributed by atoms with van der Waals surface area (Å²) in [6.07, 6.45) is 4.43. The second-order valence-electron chi connectivity index (χ2n) is 4.56. The summed E-state index contributed by atoms with van der Waals surface area (Å²) in [5.74, 6) is 0. The van der Waals surface area contributed by atoms with Crippen molar-refractivity contribution < 1.29 is 0 Å². The van der Waals surface area contributed by atoms with Crippen LogP contribution < -0.4 is 5.73 Å². The van der Waals surface area contributed by atoms with Gasteiger partial charge in [0.25, 0.3) is 0 Å². The van der Waals surface area contributed by atoms with E-state index in [0.717, 1.165) is 15.9 Å². The average molecular weight is 309 g/mol. The molecule has 0 radical (unpaired) electrons. The van der Waals surface area contributed by atoms with Crippen LogP contribution in [0.5, 0.6) is 0 Å². The molecule has 96 valence electrons. The maximum Gasteiger partial charge on any atom is 0.0716 e. The summed E-state index contributed by atoms with van der Waals surface area (Å²) in [6.45, 7) is 4.21. The van der Waals surface area contributed by atoms with Gasteiger partial charge in [-0.15, -0.1) is 0 Å². The molecule has 0 aliphatic heterocycles. The van der Waals surface area contributed by atoms with Crippen LogP contribution in [0.2, 0.25) is 0 Å². The predicted molar refractivity (Wildman–Crippen MR) is 75.2 cm³/mol. The molecular formula is C13H17BrN4. The summed E-state index contributed by atoms with van der Waals surface area (Å²) in [6, 6.07) is 6.08. The lowest BCUT2D eigenvalue weighted by molar-refractivity contribution is 0.522. The van der Waals surface area contributed by atoms with E-state index in [1.54, 1.807) is 6.20 Å². The quantitative estimate of drug-likeness (QED) is 0.945. The van der Waals surface area contributed by atoms with Gasteiger partial charge < -0.3 is 5.73 Å². The minimum Gasteiger partial charge on any atom is -0.322 e. The van der Waals surface area contributed by atoms with E-state index < -0.39 is 0 Å². The highest BCUT2D eigenvalue weighted by atomic mass is 79.9. The molecule has 2 heterocycles. The molecule has 4 nitrogen and oxygen atoms in total. The first-order valence-electron chi connectivity index (χ1n) is 5.98. The number of aromatic nitrogens is 3. The number of nitrogens with zero attached hydrogens (tertiary/aromatic N) is 3. The van der Waals surface area contributed by atoms with Crippen LogP contribution in [-0.2, 0) is 6.42 Å². The first-order valence-corrected chi connectivity index (χ1v) is 6.77. The van der Waals surface area contributed by atoms with E-state index in [0.29, 0.717) is 12.5 Å². The largest absolute Gasteiger partial charge is 0.322 e. The number of rotatable bonds is 4. The van der Waals surface area contributed by atoms with Crippen LogP contribution >= 0.6 is 15.9 Å². The molecule has 0 aliphatic rings. The first kappa shape index (κ1) is 13.2. The van der Waals surface area contributed by atoms with E-state index in [9.17, 15) is 0 Å². The molecule has 18 heavy (non-hydrogen) atoms. The van der Waals surface area contributed by atoms with E-state index in [2.05, 4.69) is 39.9 Å². The van der Waals surface area contributed by atoms with Gasteiger partial charge in [0.15, 0.2) is 0 Å². The van der Waals surface area contributed by atoms with Gasteiger partial charge in [-0.2, -0.15) is 5.10 Å². The highest BCUT2D eigenvalue weighted by molar-refractivity contribution is 9.10. The lowest BCUT2D eigenvalue weighted by Gasteiger charge is -2.11. The monoisotopic (exact) mass is 308 g/mol. The van der Waals surface area contributed by atoms with E-state index >= 15 is 0 Å². The normalized spacial score (nSPS) is 12.9. The highest BCUT2D eigenvalue weighted by Gasteiger charge is 2.13. The molecule has 0 fully saturated rings. The van der Waals surface area contributed by atoms with E-state index in [1.165, 1.54) is 0 Å². The molecule has 0 saturated carbocycles. The minimum absolute atomic E-state index is 0.143. The van der Waals surface area contributed by atoms with Gasteiger partial charge in [-0.3, -0.25) is 9.67 Å². The Morgan fingerprint density at radius 2 is 2.17 bits per heavy atom. The van der Waals surface area contributed by atoms with Crippen LogP contribution in [0.25, 0.3) is 0 Å². The number of nitrogens with two attached hydrogens (primary N) is 1. The van der Waals surface area contributed by atoms with Crippen LogP contribution in [0.3, 0.4) is 0 Å². The number of hydrogen-bond donors (Lipinski definition) is 1. The summed E-state index contributed by atoms with van der Waals surface area (Å²) in [4.78, 5) is 4.31. The van der Waals surface area contributed by atoms with Crippen molar-refractivity contribution >= 4 is 15.9 Å². The van der Waals surface area contributed by atoms with Gasteiger partial charge in [0.1, 0.15) is 0 Å². The van der Waals surface area contributed by atoms with Crippen LogP contribution in [0.4, 0.5) is 0 Å². The second-order valence-corrected chi connectivity index (χ2v) is 5.42. The van der Waals surface area contributed by atoms with Gasteiger partial charge in [0, 0.05) is 29.3 Å². The maximum atomic E-state index is 6.17. The average Bonchev–Trinajstić information content (AvgIpc) is 2.78. The Morgan fingerprint density at radius 3 is 2.78 bits per heavy atom. The third-order valence-electron chi connectivity index (χ3n) is 2.76. The molecule has 5 heteroatoms. The predicted octanol–water partition coefficient (Wildman–Crippen LogP) is 2.86. The third kappa shape index (κ3) is 2.97. The van der Waals surface area contributed by atoms with Crippen molar-refractivity contribution in [3.05, 3.63) is 46.5 Å². The Morgan fingerprint density at radius 1 is 1.39 bits per heavy atom. The lowest BCUT2D eigenvalue weighted by atomic mass is 10.1. The molecule has 0 spiro atoms. The van der Waals surface area contributed by atoms with Gasteiger partial charge in [-0.25, -0.2) is 0 Å². The molecule has 2 aromatic heterocycles. The Kier molecular flexibility index (Phi) is 4.14.